The van der Waals surface area contributed by atoms with E-state index in [4.69, 9.17) is 4.42 Å². The topological polar surface area (TPSA) is 47.2 Å². The van der Waals surface area contributed by atoms with E-state index in [1.807, 2.05) is 47.0 Å². The molecule has 4 aromatic rings. The normalized spacial score (nSPS) is 11.0. The van der Waals surface area contributed by atoms with Crippen molar-refractivity contribution >= 4 is 38.6 Å². The minimum absolute atomic E-state index is 0.170. The lowest BCUT2D eigenvalue weighted by molar-refractivity contribution is 0.101. The molecule has 130 valence electrons. The Bertz CT molecular complexity index is 1090. The van der Waals surface area contributed by atoms with Crippen molar-refractivity contribution in [2.75, 3.05) is 5.32 Å². The summed E-state index contributed by atoms with van der Waals surface area (Å²) in [6.07, 6.45) is 1.65. The van der Waals surface area contributed by atoms with Gasteiger partial charge in [0.25, 0.3) is 5.91 Å². The number of aromatic nitrogens is 1. The highest BCUT2D eigenvalue weighted by Gasteiger charge is 2.19. The Morgan fingerprint density at radius 1 is 1.12 bits per heavy atom. The van der Waals surface area contributed by atoms with Crippen LogP contribution < -0.4 is 5.32 Å². The van der Waals surface area contributed by atoms with Crippen molar-refractivity contribution < 1.29 is 9.21 Å². The molecule has 0 aliphatic carbocycles. The molecule has 0 saturated carbocycles. The zero-order chi connectivity index (χ0) is 18.1. The SMILES string of the molecule is Cc1ccccc1Cn1c(C(=O)Nc2ccccc2Br)cc2occc21. The Labute approximate surface area is 159 Å². The van der Waals surface area contributed by atoms with Crippen molar-refractivity contribution in [2.45, 2.75) is 13.5 Å². The van der Waals surface area contributed by atoms with Crippen molar-refractivity contribution in [1.29, 1.82) is 0 Å². The number of carbonyl (C=O) groups excluding carboxylic acids is 1. The van der Waals surface area contributed by atoms with E-state index in [0.717, 1.165) is 15.7 Å². The molecular weight excluding hydrogens is 392 g/mol. The van der Waals surface area contributed by atoms with Crippen LogP contribution in [0.5, 0.6) is 0 Å². The molecular formula is C21H17BrN2O2. The number of halogens is 1. The lowest BCUT2D eigenvalue weighted by Gasteiger charge is -2.13. The van der Waals surface area contributed by atoms with Gasteiger partial charge < -0.3 is 14.3 Å². The van der Waals surface area contributed by atoms with Crippen LogP contribution in [-0.4, -0.2) is 10.5 Å². The Morgan fingerprint density at radius 3 is 2.69 bits per heavy atom. The maximum absolute atomic E-state index is 12.9. The summed E-state index contributed by atoms with van der Waals surface area (Å²) in [4.78, 5) is 12.9. The third kappa shape index (κ3) is 3.06. The van der Waals surface area contributed by atoms with E-state index in [0.29, 0.717) is 17.8 Å². The van der Waals surface area contributed by atoms with Crippen molar-refractivity contribution in [3.63, 3.8) is 0 Å². The second-order valence-electron chi connectivity index (χ2n) is 6.15. The van der Waals surface area contributed by atoms with E-state index in [9.17, 15) is 4.79 Å². The van der Waals surface area contributed by atoms with Crippen molar-refractivity contribution in [3.05, 3.63) is 88.2 Å². The number of furan rings is 1. The molecule has 0 aliphatic rings. The summed E-state index contributed by atoms with van der Waals surface area (Å²) in [6, 6.07) is 19.4. The summed E-state index contributed by atoms with van der Waals surface area (Å²) in [6.45, 7) is 2.68. The van der Waals surface area contributed by atoms with Gasteiger partial charge in [0.1, 0.15) is 5.69 Å². The molecule has 1 N–H and O–H groups in total. The molecule has 0 saturated heterocycles. The first-order valence-electron chi connectivity index (χ1n) is 8.30. The summed E-state index contributed by atoms with van der Waals surface area (Å²) in [5.41, 5.74) is 5.27. The number of carbonyl (C=O) groups is 1. The fourth-order valence-corrected chi connectivity index (χ4v) is 3.43. The van der Waals surface area contributed by atoms with Gasteiger partial charge in [-0.1, -0.05) is 36.4 Å². The molecule has 0 fully saturated rings. The molecule has 0 atom stereocenters. The van der Waals surface area contributed by atoms with Crippen LogP contribution >= 0.6 is 15.9 Å². The molecule has 1 amide bonds. The highest BCUT2D eigenvalue weighted by molar-refractivity contribution is 9.10. The second-order valence-corrected chi connectivity index (χ2v) is 7.00. The maximum Gasteiger partial charge on any atom is 0.272 e. The molecule has 5 heteroatoms. The van der Waals surface area contributed by atoms with E-state index in [1.165, 1.54) is 11.1 Å². The number of hydrogen-bond acceptors (Lipinski definition) is 2. The predicted octanol–water partition coefficient (Wildman–Crippen LogP) is 5.61. The van der Waals surface area contributed by atoms with E-state index >= 15 is 0 Å². The molecule has 0 radical (unpaired) electrons. The van der Waals surface area contributed by atoms with E-state index < -0.39 is 0 Å². The molecule has 2 aromatic heterocycles. The Morgan fingerprint density at radius 2 is 1.88 bits per heavy atom. The maximum atomic E-state index is 12.9. The number of rotatable bonds is 4. The van der Waals surface area contributed by atoms with Crippen LogP contribution in [0, 0.1) is 6.92 Å². The Hall–Kier alpha value is -2.79. The van der Waals surface area contributed by atoms with E-state index in [1.54, 1.807) is 12.3 Å². The van der Waals surface area contributed by atoms with E-state index in [-0.39, 0.29) is 5.91 Å². The lowest BCUT2D eigenvalue weighted by atomic mass is 10.1. The smallest absolute Gasteiger partial charge is 0.272 e. The van der Waals surface area contributed by atoms with Gasteiger partial charge in [-0.15, -0.1) is 0 Å². The predicted molar refractivity (Wildman–Crippen MR) is 107 cm³/mol. The van der Waals surface area contributed by atoms with Crippen LogP contribution in [-0.2, 0) is 6.54 Å². The zero-order valence-electron chi connectivity index (χ0n) is 14.2. The highest BCUT2D eigenvalue weighted by Crippen LogP contribution is 2.26. The standard InChI is InChI=1S/C21H17BrN2O2/c1-14-6-2-3-7-15(14)13-24-18-10-11-26-20(18)12-19(24)21(25)23-17-9-5-4-8-16(17)22/h2-12H,13H2,1H3,(H,23,25). The van der Waals surface area contributed by atoms with Crippen LogP contribution in [0.1, 0.15) is 21.6 Å². The van der Waals surface area contributed by atoms with Gasteiger partial charge in [-0.25, -0.2) is 0 Å². The van der Waals surface area contributed by atoms with Crippen LogP contribution in [0.4, 0.5) is 5.69 Å². The second kappa shape index (κ2) is 6.84. The number of amides is 1. The van der Waals surface area contributed by atoms with Crippen LogP contribution in [0.25, 0.3) is 11.1 Å². The summed E-state index contributed by atoms with van der Waals surface area (Å²) in [5.74, 6) is -0.170. The molecule has 26 heavy (non-hydrogen) atoms. The number of aryl methyl sites for hydroxylation is 1. The summed E-state index contributed by atoms with van der Waals surface area (Å²) in [5, 5.41) is 2.97. The lowest BCUT2D eigenvalue weighted by Crippen LogP contribution is -2.18. The van der Waals surface area contributed by atoms with Gasteiger partial charge >= 0.3 is 0 Å². The number of nitrogens with one attached hydrogen (secondary N) is 1. The Balaban J connectivity index is 1.73. The highest BCUT2D eigenvalue weighted by atomic mass is 79.9. The quantitative estimate of drug-likeness (QED) is 0.477. The third-order valence-corrected chi connectivity index (χ3v) is 5.16. The van der Waals surface area contributed by atoms with E-state index in [2.05, 4.69) is 40.3 Å². The molecule has 0 aliphatic heterocycles. The molecule has 2 aromatic carbocycles. The summed E-state index contributed by atoms with van der Waals surface area (Å²) < 4.78 is 8.36. The fraction of sp³-hybridized carbons (Fsp3) is 0.0952. The van der Waals surface area contributed by atoms with Gasteiger partial charge in [-0.3, -0.25) is 4.79 Å². The zero-order valence-corrected chi connectivity index (χ0v) is 15.8. The van der Waals surface area contributed by atoms with Gasteiger partial charge in [0, 0.05) is 23.2 Å². The molecule has 2 heterocycles. The van der Waals surface area contributed by atoms with Gasteiger partial charge in [-0.2, -0.15) is 0 Å². The summed E-state index contributed by atoms with van der Waals surface area (Å²) >= 11 is 3.47. The monoisotopic (exact) mass is 408 g/mol. The minimum Gasteiger partial charge on any atom is -0.463 e. The van der Waals surface area contributed by atoms with Crippen LogP contribution in [0.15, 0.2) is 75.8 Å². The van der Waals surface area contributed by atoms with Crippen LogP contribution in [0.2, 0.25) is 0 Å². The van der Waals surface area contributed by atoms with Crippen molar-refractivity contribution in [1.82, 2.24) is 4.57 Å². The van der Waals surface area contributed by atoms with Crippen molar-refractivity contribution in [3.8, 4) is 0 Å². The fourth-order valence-electron chi connectivity index (χ4n) is 3.04. The first-order chi connectivity index (χ1) is 12.6. The van der Waals surface area contributed by atoms with Gasteiger partial charge in [0.05, 0.1) is 17.5 Å². The molecule has 4 nitrogen and oxygen atoms in total. The number of fused-ring (bicyclic) bond motifs is 1. The first kappa shape index (κ1) is 16.7. The number of anilines is 1. The number of nitrogens with zero attached hydrogens (tertiary/aromatic N) is 1. The number of benzene rings is 2. The molecule has 0 bridgehead atoms. The van der Waals surface area contributed by atoms with Crippen molar-refractivity contribution in [2.24, 2.45) is 0 Å². The largest absolute Gasteiger partial charge is 0.463 e. The van der Waals surface area contributed by atoms with Crippen LogP contribution in [0.3, 0.4) is 0 Å². The van der Waals surface area contributed by atoms with Gasteiger partial charge in [-0.05, 0) is 46.1 Å². The molecule has 0 spiro atoms. The molecule has 4 rings (SSSR count). The third-order valence-electron chi connectivity index (χ3n) is 4.47. The average molecular weight is 409 g/mol. The molecule has 0 unspecified atom stereocenters. The Kier molecular flexibility index (Phi) is 4.39. The average Bonchev–Trinajstić information content (AvgIpc) is 3.21. The minimum atomic E-state index is -0.170. The van der Waals surface area contributed by atoms with Gasteiger partial charge in [0.15, 0.2) is 5.58 Å². The summed E-state index contributed by atoms with van der Waals surface area (Å²) in [7, 11) is 0. The van der Waals surface area contributed by atoms with Gasteiger partial charge in [0.2, 0.25) is 0 Å². The number of para-hydroxylation sites is 1. The number of hydrogen-bond donors (Lipinski definition) is 1. The first-order valence-corrected chi connectivity index (χ1v) is 9.10.